The van der Waals surface area contributed by atoms with Crippen LogP contribution < -0.4 is 0 Å². The Labute approximate surface area is 60.8 Å². The van der Waals surface area contributed by atoms with Crippen molar-refractivity contribution < 1.29 is 0 Å². The predicted molar refractivity (Wildman–Crippen MR) is 40.9 cm³/mol. The molecule has 0 amide bonds. The van der Waals surface area contributed by atoms with Crippen molar-refractivity contribution in [3.8, 4) is 0 Å². The lowest BCUT2D eigenvalue weighted by atomic mass is 11.0. The first kappa shape index (κ1) is 15.6. The van der Waals surface area contributed by atoms with Crippen LogP contribution in [0.2, 0.25) is 0 Å². The molecule has 0 bridgehead atoms. The molecule has 0 aromatic rings. The topological polar surface area (TPSA) is 0 Å². The Kier molecular flexibility index (Phi) is 41.9. The molecule has 0 saturated carbocycles. The molecule has 0 spiro atoms. The molecule has 0 saturated heterocycles. The number of hydrogen-bond donors (Lipinski definition) is 0. The molecule has 0 aliphatic carbocycles. The van der Waals surface area contributed by atoms with Gasteiger partial charge in [0.2, 0.25) is 0 Å². The quantitative estimate of drug-likeness (QED) is 0.587. The van der Waals surface area contributed by atoms with Gasteiger partial charge in [-0.2, -0.15) is 0 Å². The van der Waals surface area contributed by atoms with Gasteiger partial charge in [-0.15, -0.1) is 24.8 Å². The first-order valence-electron chi connectivity index (χ1n) is 1.19. The van der Waals surface area contributed by atoms with Crippen molar-refractivity contribution in [2.45, 2.75) is 6.92 Å². The molecule has 41 valence electrons. The number of rotatable bonds is 1. The van der Waals surface area contributed by atoms with Crippen molar-refractivity contribution in [1.29, 1.82) is 0 Å². The summed E-state index contributed by atoms with van der Waals surface area (Å²) >= 11 is 3.22. The van der Waals surface area contributed by atoms with Crippen LogP contribution in [0.1, 0.15) is 6.92 Å². The summed E-state index contributed by atoms with van der Waals surface area (Å²) in [4.78, 5) is 0. The zero-order valence-corrected chi connectivity index (χ0v) is 7.46. The van der Waals surface area contributed by atoms with E-state index in [0.29, 0.717) is 0 Å². The molecule has 6 heavy (non-hydrogen) atoms. The summed E-state index contributed by atoms with van der Waals surface area (Å²) in [5, 5.41) is 0. The van der Waals surface area contributed by atoms with Gasteiger partial charge >= 0.3 is 0 Å². The van der Waals surface area contributed by atoms with Gasteiger partial charge in [0.1, 0.15) is 0 Å². The number of halogens is 3. The van der Waals surface area contributed by atoms with Crippen molar-refractivity contribution in [3.63, 3.8) is 0 Å². The summed E-state index contributed by atoms with van der Waals surface area (Å²) in [6.07, 6.45) is 1.21. The fourth-order valence-corrected chi connectivity index (χ4v) is 0. The van der Waals surface area contributed by atoms with E-state index in [-0.39, 0.29) is 24.8 Å². The van der Waals surface area contributed by atoms with Gasteiger partial charge in [-0.3, -0.25) is 0 Å². The minimum atomic E-state index is 0. The molecule has 0 atom stereocenters. The highest BCUT2D eigenvalue weighted by molar-refractivity contribution is 9.36. The van der Waals surface area contributed by atoms with Crippen LogP contribution in [0, 0.1) is 0 Å². The predicted octanol–water partition coefficient (Wildman–Crippen LogP) is 3.11. The fourth-order valence-electron chi connectivity index (χ4n) is 0. The van der Waals surface area contributed by atoms with Crippen LogP contribution in [0.5, 0.6) is 0 Å². The van der Waals surface area contributed by atoms with Gasteiger partial charge in [-0.1, -0.05) is 22.4 Å². The van der Waals surface area contributed by atoms with Crippen LogP contribution in [0.3, 0.4) is 0 Å². The van der Waals surface area contributed by atoms with E-state index >= 15 is 0 Å². The van der Waals surface area contributed by atoms with Crippen LogP contribution in [0.25, 0.3) is 0 Å². The molecule has 0 aromatic carbocycles. The molecule has 0 fully saturated rings. The van der Waals surface area contributed by atoms with Crippen molar-refractivity contribution >= 4 is 47.6 Å². The van der Waals surface area contributed by atoms with Crippen LogP contribution in [-0.4, -0.2) is 6.16 Å². The van der Waals surface area contributed by atoms with E-state index < -0.39 is 0 Å². The maximum atomic E-state index is 3.22. The zero-order chi connectivity index (χ0) is 3.41. The van der Waals surface area contributed by atoms with Crippen molar-refractivity contribution in [2.24, 2.45) is 0 Å². The largest absolute Gasteiger partial charge is 0.147 e. The first-order chi connectivity index (χ1) is 1.91. The maximum Gasteiger partial charge on any atom is 0.000486 e. The summed E-state index contributed by atoms with van der Waals surface area (Å²) in [5.41, 5.74) is 0. The van der Waals surface area contributed by atoms with Crippen molar-refractivity contribution in [1.82, 2.24) is 0 Å². The lowest BCUT2D eigenvalue weighted by Gasteiger charge is -1.64. The SMILES string of the molecule is CC[P]Br.Cl.Cl. The third-order valence-corrected chi connectivity index (χ3v) is 1.86. The molecule has 0 heterocycles. The normalized spacial score (nSPS) is 7.00. The Morgan fingerprint density at radius 2 is 1.67 bits per heavy atom. The Bertz CT molecular complexity index is 13.5. The Hall–Kier alpha value is 1.49. The monoisotopic (exact) mass is 211 g/mol. The molecule has 1 radical (unpaired) electrons. The lowest BCUT2D eigenvalue weighted by Crippen LogP contribution is -1.40. The van der Waals surface area contributed by atoms with E-state index in [4.69, 9.17) is 0 Å². The third-order valence-electron chi connectivity index (χ3n) is 0.120. The molecule has 0 unspecified atom stereocenters. The highest BCUT2D eigenvalue weighted by Crippen LogP contribution is 2.16. The molecular weight excluding hydrogens is 206 g/mol. The van der Waals surface area contributed by atoms with E-state index in [1.165, 1.54) is 13.4 Å². The van der Waals surface area contributed by atoms with Gasteiger partial charge in [0.15, 0.2) is 0 Å². The molecule has 0 N–H and O–H groups in total. The van der Waals surface area contributed by atoms with Gasteiger partial charge in [0.25, 0.3) is 0 Å². The van der Waals surface area contributed by atoms with Gasteiger partial charge in [0.05, 0.1) is 0 Å². The summed E-state index contributed by atoms with van der Waals surface area (Å²) in [6, 6.07) is 0. The first-order valence-corrected chi connectivity index (χ1v) is 4.29. The van der Waals surface area contributed by atoms with Crippen LogP contribution >= 0.6 is 47.6 Å². The number of hydrogen-bond acceptors (Lipinski definition) is 0. The smallest absolute Gasteiger partial charge is 0.000486 e. The molecule has 0 aliphatic rings. The molecular formula is C2H7BrCl2P. The lowest BCUT2D eigenvalue weighted by molar-refractivity contribution is 1.53. The standard InChI is InChI=1S/C2H5BrP.2ClH/c1-2-4-3;;/h2H2,1H3;2*1H. The zero-order valence-electron chi connectivity index (χ0n) is 3.35. The molecule has 4 heteroatoms. The van der Waals surface area contributed by atoms with Crippen LogP contribution in [0.4, 0.5) is 0 Å². The van der Waals surface area contributed by atoms with E-state index in [9.17, 15) is 0 Å². The molecule has 0 nitrogen and oxygen atoms in total. The van der Waals surface area contributed by atoms with Crippen LogP contribution in [0.15, 0.2) is 0 Å². The second kappa shape index (κ2) is 16.1. The van der Waals surface area contributed by atoms with E-state index in [0.717, 1.165) is 0 Å². The summed E-state index contributed by atoms with van der Waals surface area (Å²) in [5.74, 6) is 0. The Morgan fingerprint density at radius 1 is 1.50 bits per heavy atom. The van der Waals surface area contributed by atoms with Gasteiger partial charge in [-0.05, 0) is 6.16 Å². The van der Waals surface area contributed by atoms with Gasteiger partial charge < -0.3 is 0 Å². The molecule has 0 aromatic heterocycles. The second-order valence-electron chi connectivity index (χ2n) is 0.436. The van der Waals surface area contributed by atoms with E-state index in [1.54, 1.807) is 0 Å². The fraction of sp³-hybridized carbons (Fsp3) is 1.00. The van der Waals surface area contributed by atoms with Crippen LogP contribution in [-0.2, 0) is 0 Å². The third kappa shape index (κ3) is 17.9. The average Bonchev–Trinajstić information content (AvgIpc) is 1.37. The Morgan fingerprint density at radius 3 is 1.67 bits per heavy atom. The summed E-state index contributed by atoms with van der Waals surface area (Å²) < 4.78 is 0. The minimum absolute atomic E-state index is 0. The average molecular weight is 213 g/mol. The van der Waals surface area contributed by atoms with E-state index in [2.05, 4.69) is 22.4 Å². The Balaban J connectivity index is -0.0000000450. The summed E-state index contributed by atoms with van der Waals surface area (Å²) in [6.45, 7) is 2.12. The molecule has 0 rings (SSSR count). The second-order valence-corrected chi connectivity index (χ2v) is 2.81. The van der Waals surface area contributed by atoms with Crippen molar-refractivity contribution in [3.05, 3.63) is 0 Å². The van der Waals surface area contributed by atoms with Crippen molar-refractivity contribution in [2.75, 3.05) is 6.16 Å². The van der Waals surface area contributed by atoms with Gasteiger partial charge in [-0.25, -0.2) is 0 Å². The minimum Gasteiger partial charge on any atom is -0.147 e. The van der Waals surface area contributed by atoms with E-state index in [1.807, 2.05) is 0 Å². The molecule has 0 aliphatic heterocycles. The highest BCUT2D eigenvalue weighted by Gasteiger charge is 1.60. The summed E-state index contributed by atoms with van der Waals surface area (Å²) in [7, 11) is 1.31. The van der Waals surface area contributed by atoms with Gasteiger partial charge in [0, 0.05) is 7.28 Å². The highest BCUT2D eigenvalue weighted by atomic mass is 79.9. The maximum absolute atomic E-state index is 3.22.